The molecule has 8 nitrogen and oxygen atoms in total. The summed E-state index contributed by atoms with van der Waals surface area (Å²) in [6.45, 7) is 6.20. The van der Waals surface area contributed by atoms with Crippen molar-refractivity contribution in [1.82, 2.24) is 5.32 Å². The van der Waals surface area contributed by atoms with Gasteiger partial charge in [0.05, 0.1) is 16.8 Å². The molecule has 1 atom stereocenters. The highest BCUT2D eigenvalue weighted by molar-refractivity contribution is 7.91. The summed E-state index contributed by atoms with van der Waals surface area (Å²) in [5.41, 5.74) is 4.38. The molecule has 0 amide bonds. The Morgan fingerprint density at radius 2 is 1.77 bits per heavy atom. The second kappa shape index (κ2) is 13.5. The average Bonchev–Trinajstić information content (AvgIpc) is 2.87. The van der Waals surface area contributed by atoms with E-state index in [2.05, 4.69) is 10.5 Å². The molecule has 0 spiro atoms. The summed E-state index contributed by atoms with van der Waals surface area (Å²) in [4.78, 5) is 23.5. The number of aryl methyl sites for hydroxylation is 2. The minimum atomic E-state index is -3.98. The lowest BCUT2D eigenvalue weighted by Crippen LogP contribution is -2.19. The van der Waals surface area contributed by atoms with E-state index in [1.54, 1.807) is 31.2 Å². The normalized spacial score (nSPS) is 13.3. The van der Waals surface area contributed by atoms with Crippen LogP contribution in [0, 0.1) is 19.7 Å². The Balaban J connectivity index is 1.69. The summed E-state index contributed by atoms with van der Waals surface area (Å²) in [5, 5.41) is 6.11. The van der Waals surface area contributed by atoms with Crippen LogP contribution in [-0.2, 0) is 25.8 Å². The molecule has 0 saturated heterocycles. The first-order chi connectivity index (χ1) is 18.4. The van der Waals surface area contributed by atoms with E-state index < -0.39 is 28.5 Å². The number of sulfone groups is 1. The number of oxime groups is 1. The fourth-order valence-corrected chi connectivity index (χ4v) is 6.13. The fourth-order valence-electron chi connectivity index (χ4n) is 3.89. The number of nitrogens with zero attached hydrogens (tertiary/aromatic N) is 1. The molecule has 0 aromatic heterocycles. The lowest BCUT2D eigenvalue weighted by atomic mass is 10.1. The van der Waals surface area contributed by atoms with Crippen molar-refractivity contribution in [1.29, 1.82) is 0 Å². The SMILES string of the molecule is CC(=NOCC(c1cccc(F)c1)S(=O)(=O)c1ccc(C)c(C)c1)c1ccc(CNCCCP(=O)(O)O)cc1. The summed E-state index contributed by atoms with van der Waals surface area (Å²) >= 11 is 0. The molecule has 3 rings (SSSR count). The number of halogens is 1. The van der Waals surface area contributed by atoms with Gasteiger partial charge in [-0.3, -0.25) is 4.57 Å². The van der Waals surface area contributed by atoms with Crippen LogP contribution in [0.3, 0.4) is 0 Å². The second-order valence-electron chi connectivity index (χ2n) is 9.42. The highest BCUT2D eigenvalue weighted by Gasteiger charge is 2.31. The number of hydrogen-bond donors (Lipinski definition) is 3. The Kier molecular flexibility index (Phi) is 10.6. The molecule has 0 aliphatic rings. The predicted octanol–water partition coefficient (Wildman–Crippen LogP) is 5.06. The first-order valence-corrected chi connectivity index (χ1v) is 15.8. The van der Waals surface area contributed by atoms with Crippen LogP contribution < -0.4 is 5.32 Å². The van der Waals surface area contributed by atoms with Gasteiger partial charge in [0.1, 0.15) is 17.7 Å². The van der Waals surface area contributed by atoms with Crippen molar-refractivity contribution in [3.63, 3.8) is 0 Å². The zero-order valence-corrected chi connectivity index (χ0v) is 23.9. The van der Waals surface area contributed by atoms with Crippen molar-refractivity contribution >= 4 is 23.1 Å². The van der Waals surface area contributed by atoms with Crippen LogP contribution in [0.15, 0.2) is 76.8 Å². The minimum Gasteiger partial charge on any atom is -0.394 e. The van der Waals surface area contributed by atoms with Crippen molar-refractivity contribution in [3.05, 3.63) is 100 Å². The van der Waals surface area contributed by atoms with Gasteiger partial charge in [-0.2, -0.15) is 0 Å². The molecular formula is C28H34FN2O6PS. The van der Waals surface area contributed by atoms with Crippen molar-refractivity contribution in [2.75, 3.05) is 19.3 Å². The maximum atomic E-state index is 14.0. The molecule has 210 valence electrons. The smallest absolute Gasteiger partial charge is 0.325 e. The topological polar surface area (TPSA) is 125 Å². The maximum Gasteiger partial charge on any atom is 0.325 e. The number of nitrogens with one attached hydrogen (secondary N) is 1. The van der Waals surface area contributed by atoms with Gasteiger partial charge in [-0.15, -0.1) is 0 Å². The first kappa shape index (κ1) is 30.7. The van der Waals surface area contributed by atoms with Crippen LogP contribution in [0.2, 0.25) is 0 Å². The standard InChI is InChI=1S/C28H34FN2O6PS/c1-20-8-13-27(16-21(20)2)39(35,36)28(25-6-4-7-26(29)17-25)19-37-31-22(3)24-11-9-23(10-12-24)18-30-14-5-15-38(32,33)34/h4,6-13,16-17,28,30H,5,14-15,18-19H2,1-3H3,(H2,32,33,34). The van der Waals surface area contributed by atoms with Crippen LogP contribution >= 0.6 is 7.60 Å². The second-order valence-corrected chi connectivity index (χ2v) is 13.3. The van der Waals surface area contributed by atoms with Gasteiger partial charge >= 0.3 is 7.60 Å². The van der Waals surface area contributed by atoms with Gasteiger partial charge in [0.15, 0.2) is 9.84 Å². The van der Waals surface area contributed by atoms with E-state index >= 15 is 0 Å². The Bertz CT molecular complexity index is 1460. The van der Waals surface area contributed by atoms with E-state index in [1.807, 2.05) is 38.1 Å². The van der Waals surface area contributed by atoms with E-state index in [0.717, 1.165) is 22.3 Å². The molecule has 3 N–H and O–H groups in total. The summed E-state index contributed by atoms with van der Waals surface area (Å²) < 4.78 is 52.0. The molecule has 11 heteroatoms. The van der Waals surface area contributed by atoms with Crippen molar-refractivity contribution < 1.29 is 32.0 Å². The number of rotatable bonds is 13. The van der Waals surface area contributed by atoms with Crippen molar-refractivity contribution in [2.45, 2.75) is 43.9 Å². The average molecular weight is 577 g/mol. The molecule has 0 heterocycles. The van der Waals surface area contributed by atoms with Gasteiger partial charge in [-0.1, -0.05) is 47.6 Å². The third-order valence-corrected chi connectivity index (χ3v) is 9.30. The summed E-state index contributed by atoms with van der Waals surface area (Å²) in [5.74, 6) is -0.538. The van der Waals surface area contributed by atoms with Gasteiger partial charge in [0.2, 0.25) is 0 Å². The van der Waals surface area contributed by atoms with Gasteiger partial charge in [-0.25, -0.2) is 12.8 Å². The molecule has 0 saturated carbocycles. The Morgan fingerprint density at radius 3 is 2.41 bits per heavy atom. The van der Waals surface area contributed by atoms with Crippen LogP contribution in [-0.4, -0.2) is 43.2 Å². The van der Waals surface area contributed by atoms with Gasteiger partial charge in [0, 0.05) is 6.54 Å². The Labute approximate surface area is 229 Å². The summed E-state index contributed by atoms with van der Waals surface area (Å²) in [7, 11) is -7.89. The molecular weight excluding hydrogens is 542 g/mol. The zero-order chi connectivity index (χ0) is 28.6. The summed E-state index contributed by atoms with van der Waals surface area (Å²) in [6, 6.07) is 17.9. The predicted molar refractivity (Wildman–Crippen MR) is 150 cm³/mol. The summed E-state index contributed by atoms with van der Waals surface area (Å²) in [6.07, 6.45) is 0.224. The van der Waals surface area contributed by atoms with Crippen molar-refractivity contribution in [3.8, 4) is 0 Å². The lowest BCUT2D eigenvalue weighted by molar-refractivity contribution is 0.143. The number of benzene rings is 3. The van der Waals surface area contributed by atoms with E-state index in [4.69, 9.17) is 14.6 Å². The minimum absolute atomic E-state index is 0.134. The third kappa shape index (κ3) is 9.08. The first-order valence-electron chi connectivity index (χ1n) is 12.4. The van der Waals surface area contributed by atoms with Crippen LogP contribution in [0.4, 0.5) is 4.39 Å². The molecule has 39 heavy (non-hydrogen) atoms. The number of hydrogen-bond acceptors (Lipinski definition) is 6. The zero-order valence-electron chi connectivity index (χ0n) is 22.2. The third-order valence-electron chi connectivity index (χ3n) is 6.33. The highest BCUT2D eigenvalue weighted by Crippen LogP contribution is 2.34. The lowest BCUT2D eigenvalue weighted by Gasteiger charge is -2.18. The molecule has 0 aliphatic heterocycles. The van der Waals surface area contributed by atoms with Gasteiger partial charge in [-0.05, 0) is 85.8 Å². The molecule has 0 bridgehead atoms. The monoisotopic (exact) mass is 576 g/mol. The van der Waals surface area contributed by atoms with E-state index in [0.29, 0.717) is 25.2 Å². The van der Waals surface area contributed by atoms with Gasteiger partial charge < -0.3 is 19.9 Å². The van der Waals surface area contributed by atoms with E-state index in [9.17, 15) is 17.4 Å². The molecule has 1 unspecified atom stereocenters. The molecule has 0 fully saturated rings. The molecule has 3 aromatic rings. The fraction of sp³-hybridized carbons (Fsp3) is 0.321. The largest absolute Gasteiger partial charge is 0.394 e. The maximum absolute atomic E-state index is 14.0. The van der Waals surface area contributed by atoms with Crippen LogP contribution in [0.25, 0.3) is 0 Å². The van der Waals surface area contributed by atoms with Gasteiger partial charge in [0.25, 0.3) is 0 Å². The quantitative estimate of drug-likeness (QED) is 0.112. The highest BCUT2D eigenvalue weighted by atomic mass is 32.2. The Morgan fingerprint density at radius 1 is 1.05 bits per heavy atom. The molecule has 0 aliphatic carbocycles. The molecule has 0 radical (unpaired) electrons. The van der Waals surface area contributed by atoms with E-state index in [1.165, 1.54) is 18.2 Å². The van der Waals surface area contributed by atoms with Crippen LogP contribution in [0.5, 0.6) is 0 Å². The van der Waals surface area contributed by atoms with Crippen LogP contribution in [0.1, 0.15) is 46.4 Å². The molecule has 3 aromatic carbocycles. The Hall–Kier alpha value is -2.88. The van der Waals surface area contributed by atoms with Crippen molar-refractivity contribution in [2.24, 2.45) is 5.16 Å². The van der Waals surface area contributed by atoms with E-state index in [-0.39, 0.29) is 23.2 Å².